The lowest BCUT2D eigenvalue weighted by atomic mass is 9.68. The van der Waals surface area contributed by atoms with E-state index in [0.29, 0.717) is 11.8 Å². The first-order valence-electron chi connectivity index (χ1n) is 8.83. The first-order chi connectivity index (χ1) is 10.8. The van der Waals surface area contributed by atoms with Crippen molar-refractivity contribution >= 4 is 11.9 Å². The van der Waals surface area contributed by atoms with Crippen LogP contribution in [0.4, 0.5) is 5.69 Å². The highest BCUT2D eigenvalue weighted by Crippen LogP contribution is 2.53. The van der Waals surface area contributed by atoms with Gasteiger partial charge >= 0.3 is 0 Å². The van der Waals surface area contributed by atoms with Gasteiger partial charge in [-0.1, -0.05) is 45.9 Å². The number of anilines is 1. The van der Waals surface area contributed by atoms with Crippen molar-refractivity contribution in [1.82, 2.24) is 0 Å². The third-order valence-electron chi connectivity index (χ3n) is 4.68. The largest absolute Gasteiger partial charge is 0.347 e. The van der Waals surface area contributed by atoms with E-state index in [1.165, 1.54) is 29.8 Å². The van der Waals surface area contributed by atoms with E-state index in [9.17, 15) is 0 Å². The maximum atomic E-state index is 2.40. The summed E-state index contributed by atoms with van der Waals surface area (Å²) < 4.78 is 2.12. The maximum Gasteiger partial charge on any atom is 0.164 e. The molecule has 1 heterocycles. The fourth-order valence-electron chi connectivity index (χ4n) is 4.16. The minimum absolute atomic E-state index is 0.125. The van der Waals surface area contributed by atoms with Crippen LogP contribution in [0.25, 0.3) is 0 Å². The van der Waals surface area contributed by atoms with Gasteiger partial charge in [-0.2, -0.15) is 0 Å². The van der Waals surface area contributed by atoms with Crippen molar-refractivity contribution in [3.8, 4) is 0 Å². The van der Waals surface area contributed by atoms with Crippen LogP contribution in [-0.2, 0) is 5.41 Å². The second-order valence-electron chi connectivity index (χ2n) is 8.02. The fourth-order valence-corrected chi connectivity index (χ4v) is 4.16. The lowest BCUT2D eigenvalue weighted by Gasteiger charge is -2.36. The third-order valence-corrected chi connectivity index (χ3v) is 4.68. The molecular formula is C21H33N2+. The molecule has 0 saturated carbocycles. The molecule has 0 radical (unpaired) electrons. The normalized spacial score (nSPS) is 18.0. The zero-order valence-corrected chi connectivity index (χ0v) is 15.9. The minimum atomic E-state index is 0.125. The zero-order valence-electron chi connectivity index (χ0n) is 15.9. The van der Waals surface area contributed by atoms with E-state index in [2.05, 4.69) is 94.9 Å². The predicted molar refractivity (Wildman–Crippen MR) is 102 cm³/mol. The Balaban J connectivity index is 2.68. The summed E-state index contributed by atoms with van der Waals surface area (Å²) in [5, 5.41) is 0. The van der Waals surface area contributed by atoms with Crippen LogP contribution in [0.2, 0.25) is 0 Å². The number of para-hydroxylation sites is 1. The molecule has 23 heavy (non-hydrogen) atoms. The van der Waals surface area contributed by atoms with Crippen LogP contribution in [0.1, 0.15) is 46.1 Å². The molecule has 126 valence electrons. The Bertz CT molecular complexity index is 594. The number of nitrogens with zero attached hydrogens (tertiary/aromatic N) is 2. The number of hydrogen-bond acceptors (Lipinski definition) is 1. The number of rotatable bonds is 5. The molecule has 0 unspecified atom stereocenters. The smallest absolute Gasteiger partial charge is 0.164 e. The molecule has 0 amide bonds. The summed E-state index contributed by atoms with van der Waals surface area (Å²) in [6.45, 7) is 9.37. The molecule has 1 aliphatic rings. The standard InChI is InChI=1S/C21H33N2/c1-16(2)14-21(15-17(3)4)18-10-8-9-11-19(18)23(7)20(21)12-13-22(5)6/h8-13,16-17H,14-15H2,1-7H3/q+1. The predicted octanol–water partition coefficient (Wildman–Crippen LogP) is 4.69. The van der Waals surface area contributed by atoms with Crippen molar-refractivity contribution in [3.63, 3.8) is 0 Å². The molecular weight excluding hydrogens is 280 g/mol. The van der Waals surface area contributed by atoms with Crippen LogP contribution in [0.3, 0.4) is 0 Å². The molecule has 2 heteroatoms. The molecule has 0 saturated heterocycles. The minimum Gasteiger partial charge on any atom is -0.347 e. The average Bonchev–Trinajstić information content (AvgIpc) is 2.65. The van der Waals surface area contributed by atoms with Crippen LogP contribution < -0.4 is 4.90 Å². The van der Waals surface area contributed by atoms with E-state index in [-0.39, 0.29) is 5.41 Å². The molecule has 0 fully saturated rings. The van der Waals surface area contributed by atoms with Gasteiger partial charge in [-0.3, -0.25) is 0 Å². The van der Waals surface area contributed by atoms with Crippen LogP contribution >= 0.6 is 0 Å². The van der Waals surface area contributed by atoms with Gasteiger partial charge in [-0.25, -0.2) is 4.58 Å². The molecule has 0 aromatic heterocycles. The molecule has 0 aliphatic carbocycles. The average molecular weight is 314 g/mol. The molecule has 0 N–H and O–H groups in total. The summed E-state index contributed by atoms with van der Waals surface area (Å²) in [6, 6.07) is 8.96. The van der Waals surface area contributed by atoms with Crippen LogP contribution in [0, 0.1) is 11.8 Å². The molecule has 1 aliphatic heterocycles. The third kappa shape index (κ3) is 3.52. The molecule has 1 aromatic rings. The molecule has 0 bridgehead atoms. The van der Waals surface area contributed by atoms with Crippen molar-refractivity contribution in [3.05, 3.63) is 41.6 Å². The Kier molecular flexibility index (Phi) is 5.33. The van der Waals surface area contributed by atoms with Gasteiger partial charge in [0.1, 0.15) is 14.1 Å². The molecule has 0 spiro atoms. The fraction of sp³-hybridized carbons (Fsp3) is 0.571. The summed E-state index contributed by atoms with van der Waals surface area (Å²) in [5.74, 6) is 1.33. The SMILES string of the molecule is CC(C)CC1(CC(C)C)/C(=C/C=[N+](C)C)N(C)c2ccccc21. The van der Waals surface area contributed by atoms with Crippen molar-refractivity contribution in [2.24, 2.45) is 11.8 Å². The topological polar surface area (TPSA) is 6.25 Å². The number of fused-ring (bicyclic) bond motifs is 1. The van der Waals surface area contributed by atoms with Crippen molar-refractivity contribution in [2.45, 2.75) is 46.0 Å². The number of allylic oxidation sites excluding steroid dienone is 2. The number of benzene rings is 1. The summed E-state index contributed by atoms with van der Waals surface area (Å²) in [7, 11) is 6.40. The maximum absolute atomic E-state index is 2.40. The van der Waals surface area contributed by atoms with Crippen LogP contribution in [-0.4, -0.2) is 31.9 Å². The molecule has 2 rings (SSSR count). The van der Waals surface area contributed by atoms with Gasteiger partial charge in [-0.05, 0) is 36.3 Å². The second-order valence-corrected chi connectivity index (χ2v) is 8.02. The Hall–Kier alpha value is -1.57. The highest BCUT2D eigenvalue weighted by atomic mass is 15.2. The Morgan fingerprint density at radius 1 is 1.04 bits per heavy atom. The van der Waals surface area contributed by atoms with Crippen molar-refractivity contribution in [1.29, 1.82) is 0 Å². The van der Waals surface area contributed by atoms with Gasteiger partial charge in [0.2, 0.25) is 0 Å². The van der Waals surface area contributed by atoms with Crippen molar-refractivity contribution in [2.75, 3.05) is 26.0 Å². The van der Waals surface area contributed by atoms with Gasteiger partial charge in [0.15, 0.2) is 6.21 Å². The lowest BCUT2D eigenvalue weighted by Crippen LogP contribution is -2.33. The molecule has 0 atom stereocenters. The van der Waals surface area contributed by atoms with Gasteiger partial charge in [0, 0.05) is 29.9 Å². The monoisotopic (exact) mass is 313 g/mol. The highest BCUT2D eigenvalue weighted by Gasteiger charge is 2.46. The first-order valence-corrected chi connectivity index (χ1v) is 8.83. The van der Waals surface area contributed by atoms with Crippen LogP contribution in [0.15, 0.2) is 36.0 Å². The van der Waals surface area contributed by atoms with E-state index >= 15 is 0 Å². The van der Waals surface area contributed by atoms with Gasteiger partial charge in [0.25, 0.3) is 0 Å². The second kappa shape index (κ2) is 6.90. The summed E-state index contributed by atoms with van der Waals surface area (Å²) >= 11 is 0. The summed E-state index contributed by atoms with van der Waals surface area (Å²) in [4.78, 5) is 2.40. The number of likely N-dealkylation sites (N-methyl/N-ethyl adjacent to an activating group) is 1. The Morgan fingerprint density at radius 2 is 1.61 bits per heavy atom. The first kappa shape index (κ1) is 17.8. The van der Waals surface area contributed by atoms with Gasteiger partial charge in [0.05, 0.1) is 0 Å². The highest BCUT2D eigenvalue weighted by molar-refractivity contribution is 5.77. The van der Waals surface area contributed by atoms with E-state index < -0.39 is 0 Å². The van der Waals surface area contributed by atoms with Gasteiger partial charge < -0.3 is 4.90 Å². The molecule has 2 nitrogen and oxygen atoms in total. The lowest BCUT2D eigenvalue weighted by molar-refractivity contribution is -0.458. The summed E-state index contributed by atoms with van der Waals surface area (Å²) in [5.41, 5.74) is 4.44. The summed E-state index contributed by atoms with van der Waals surface area (Å²) in [6.07, 6.45) is 6.90. The molecule has 1 aromatic carbocycles. The quantitative estimate of drug-likeness (QED) is 0.564. The zero-order chi connectivity index (χ0) is 17.2. The van der Waals surface area contributed by atoms with E-state index in [0.717, 1.165) is 0 Å². The van der Waals surface area contributed by atoms with E-state index in [4.69, 9.17) is 0 Å². The number of hydrogen-bond donors (Lipinski definition) is 0. The van der Waals surface area contributed by atoms with Crippen molar-refractivity contribution < 1.29 is 4.58 Å². The Labute approximate surface area is 142 Å². The Morgan fingerprint density at radius 3 is 2.13 bits per heavy atom. The van der Waals surface area contributed by atoms with Crippen LogP contribution in [0.5, 0.6) is 0 Å². The van der Waals surface area contributed by atoms with Gasteiger partial charge in [-0.15, -0.1) is 0 Å². The van der Waals surface area contributed by atoms with E-state index in [1.54, 1.807) is 0 Å². The van der Waals surface area contributed by atoms with E-state index in [1.807, 2.05) is 0 Å².